The Bertz CT molecular complexity index is 1490. The predicted molar refractivity (Wildman–Crippen MR) is 161 cm³/mol. The molecule has 1 N–H and O–H groups in total. The van der Waals surface area contributed by atoms with E-state index in [1.165, 1.54) is 0 Å². The maximum absolute atomic E-state index is 12.8. The van der Waals surface area contributed by atoms with Crippen molar-refractivity contribution in [1.82, 2.24) is 9.55 Å². The first-order valence-electron chi connectivity index (χ1n) is 14.1. The third-order valence-electron chi connectivity index (χ3n) is 6.55. The maximum Gasteiger partial charge on any atom is 0.340 e. The summed E-state index contributed by atoms with van der Waals surface area (Å²) in [5.74, 6) is 0.218. The molecular weight excluding hydrogens is 514 g/mol. The number of para-hydroxylation sites is 1. The highest BCUT2D eigenvalue weighted by Crippen LogP contribution is 2.25. The topological polar surface area (TPSA) is 82.5 Å². The van der Waals surface area contributed by atoms with E-state index in [1.807, 2.05) is 94.6 Å². The molecule has 41 heavy (non-hydrogen) atoms. The molecule has 0 bridgehead atoms. The molecule has 0 saturated carbocycles. The molecule has 0 saturated heterocycles. The number of imidazole rings is 1. The lowest BCUT2D eigenvalue weighted by Crippen LogP contribution is -2.24. The fourth-order valence-corrected chi connectivity index (χ4v) is 4.53. The average molecular weight is 554 g/mol. The molecule has 1 heterocycles. The normalized spacial score (nSPS) is 11.2. The van der Waals surface area contributed by atoms with Crippen LogP contribution in [0.2, 0.25) is 0 Å². The van der Waals surface area contributed by atoms with E-state index in [9.17, 15) is 9.59 Å². The van der Waals surface area contributed by atoms with Crippen LogP contribution in [-0.4, -0.2) is 27.1 Å². The highest BCUT2D eigenvalue weighted by molar-refractivity contribution is 5.95. The van der Waals surface area contributed by atoms with Gasteiger partial charge in [0.25, 0.3) is 0 Å². The number of hydrogen-bond acceptors (Lipinski definition) is 6. The van der Waals surface area contributed by atoms with Crippen molar-refractivity contribution >= 4 is 17.6 Å². The number of rotatable bonds is 11. The molecule has 0 aliphatic carbocycles. The molecule has 4 rings (SSSR count). The van der Waals surface area contributed by atoms with Crippen LogP contribution < -0.4 is 5.32 Å². The second-order valence-electron chi connectivity index (χ2n) is 11.1. The molecule has 7 nitrogen and oxygen atoms in total. The first-order valence-corrected chi connectivity index (χ1v) is 14.1. The van der Waals surface area contributed by atoms with Gasteiger partial charge in [-0.15, -0.1) is 0 Å². The third kappa shape index (κ3) is 7.84. The van der Waals surface area contributed by atoms with Gasteiger partial charge in [-0.1, -0.05) is 55.8 Å². The number of carbonyl (C=O) groups excluding carboxylic acids is 2. The third-order valence-corrected chi connectivity index (χ3v) is 6.55. The fourth-order valence-electron chi connectivity index (χ4n) is 4.53. The number of esters is 2. The number of ether oxygens (including phenoxy) is 2. The van der Waals surface area contributed by atoms with E-state index < -0.39 is 5.60 Å². The summed E-state index contributed by atoms with van der Waals surface area (Å²) in [4.78, 5) is 30.4. The monoisotopic (exact) mass is 553 g/mol. The summed E-state index contributed by atoms with van der Waals surface area (Å²) < 4.78 is 13.3. The maximum atomic E-state index is 12.8. The number of nitrogens with one attached hydrogen (secondary N) is 1. The molecule has 214 valence electrons. The molecule has 7 heteroatoms. The molecule has 0 aliphatic heterocycles. The molecule has 0 unspecified atom stereocenters. The lowest BCUT2D eigenvalue weighted by atomic mass is 10.1. The van der Waals surface area contributed by atoms with Gasteiger partial charge in [-0.2, -0.15) is 0 Å². The van der Waals surface area contributed by atoms with Crippen LogP contribution in [0.3, 0.4) is 0 Å². The van der Waals surface area contributed by atoms with Gasteiger partial charge in [0.2, 0.25) is 0 Å². The van der Waals surface area contributed by atoms with Crippen LogP contribution in [0, 0.1) is 6.92 Å². The van der Waals surface area contributed by atoms with Crippen LogP contribution in [0.25, 0.3) is 5.69 Å². The molecule has 0 atom stereocenters. The number of hydrogen-bond donors (Lipinski definition) is 1. The van der Waals surface area contributed by atoms with Crippen molar-refractivity contribution in [2.24, 2.45) is 0 Å². The Morgan fingerprint density at radius 3 is 2.39 bits per heavy atom. The van der Waals surface area contributed by atoms with E-state index in [0.717, 1.165) is 47.6 Å². The summed E-state index contributed by atoms with van der Waals surface area (Å²) in [6, 6.07) is 22.6. The van der Waals surface area contributed by atoms with Gasteiger partial charge < -0.3 is 14.8 Å². The van der Waals surface area contributed by atoms with Crippen molar-refractivity contribution in [1.29, 1.82) is 0 Å². The fraction of sp³-hybridized carbons (Fsp3) is 0.324. The van der Waals surface area contributed by atoms with Crippen molar-refractivity contribution in [2.45, 2.75) is 72.6 Å². The Balaban J connectivity index is 1.57. The lowest BCUT2D eigenvalue weighted by molar-refractivity contribution is 0.00703. The van der Waals surface area contributed by atoms with E-state index in [2.05, 4.69) is 16.8 Å². The number of aromatic nitrogens is 2. The Labute approximate surface area is 242 Å². The molecule has 4 aromatic rings. The summed E-state index contributed by atoms with van der Waals surface area (Å²) in [5.41, 5.74) is 4.86. The minimum absolute atomic E-state index is 0.226. The standard InChI is InChI=1S/C34H39N3O4/c1-6-7-17-31-36-22-27(21-35-29-16-12-11-15-28(29)33(39)41-34(3,4)5)37(31)30-19-18-26(20-24(30)2)32(38)40-23-25-13-9-8-10-14-25/h8-16,18-20,22,35H,6-7,17,21,23H2,1-5H3. The number of carbonyl (C=O) groups is 2. The van der Waals surface area contributed by atoms with Crippen molar-refractivity contribution in [3.63, 3.8) is 0 Å². The van der Waals surface area contributed by atoms with Crippen LogP contribution in [-0.2, 0) is 29.0 Å². The van der Waals surface area contributed by atoms with E-state index in [4.69, 9.17) is 14.5 Å². The second-order valence-corrected chi connectivity index (χ2v) is 11.1. The molecule has 3 aromatic carbocycles. The van der Waals surface area contributed by atoms with E-state index in [-0.39, 0.29) is 18.5 Å². The summed E-state index contributed by atoms with van der Waals surface area (Å²) in [5, 5.41) is 3.42. The highest BCUT2D eigenvalue weighted by Gasteiger charge is 2.21. The summed E-state index contributed by atoms with van der Waals surface area (Å²) in [7, 11) is 0. The van der Waals surface area contributed by atoms with Gasteiger partial charge in [0.05, 0.1) is 35.2 Å². The quantitative estimate of drug-likeness (QED) is 0.194. The van der Waals surface area contributed by atoms with Gasteiger partial charge in [0, 0.05) is 12.1 Å². The van der Waals surface area contributed by atoms with E-state index >= 15 is 0 Å². The Hall–Kier alpha value is -4.39. The molecule has 0 fully saturated rings. The van der Waals surface area contributed by atoms with Gasteiger partial charge >= 0.3 is 11.9 Å². The smallest absolute Gasteiger partial charge is 0.340 e. The van der Waals surface area contributed by atoms with E-state index in [0.29, 0.717) is 23.4 Å². The van der Waals surface area contributed by atoms with Crippen LogP contribution in [0.5, 0.6) is 0 Å². The zero-order chi connectivity index (χ0) is 29.4. The van der Waals surface area contributed by atoms with Crippen LogP contribution >= 0.6 is 0 Å². The summed E-state index contributed by atoms with van der Waals surface area (Å²) >= 11 is 0. The number of unbranched alkanes of at least 4 members (excludes halogenated alkanes) is 1. The van der Waals surface area contributed by atoms with Gasteiger partial charge in [-0.3, -0.25) is 4.57 Å². The number of nitrogens with zero attached hydrogens (tertiary/aromatic N) is 2. The number of aryl methyl sites for hydroxylation is 2. The second kappa shape index (κ2) is 13.3. The minimum Gasteiger partial charge on any atom is -0.457 e. The first-order chi connectivity index (χ1) is 19.7. The lowest BCUT2D eigenvalue weighted by Gasteiger charge is -2.21. The first kappa shape index (κ1) is 29.6. The molecule has 0 spiro atoms. The van der Waals surface area contributed by atoms with Crippen LogP contribution in [0.1, 0.15) is 83.9 Å². The van der Waals surface area contributed by atoms with Crippen LogP contribution in [0.4, 0.5) is 5.69 Å². The zero-order valence-electron chi connectivity index (χ0n) is 24.6. The van der Waals surface area contributed by atoms with Crippen molar-refractivity contribution in [2.75, 3.05) is 5.32 Å². The van der Waals surface area contributed by atoms with Gasteiger partial charge in [-0.05, 0) is 75.6 Å². The Morgan fingerprint density at radius 2 is 1.68 bits per heavy atom. The Kier molecular flexibility index (Phi) is 9.61. The van der Waals surface area contributed by atoms with Crippen LogP contribution in [0.15, 0.2) is 79.0 Å². The van der Waals surface area contributed by atoms with Gasteiger partial charge in [0.15, 0.2) is 0 Å². The molecule has 1 aromatic heterocycles. The van der Waals surface area contributed by atoms with Crippen molar-refractivity contribution in [3.8, 4) is 5.69 Å². The average Bonchev–Trinajstić information content (AvgIpc) is 3.35. The van der Waals surface area contributed by atoms with Gasteiger partial charge in [-0.25, -0.2) is 14.6 Å². The largest absolute Gasteiger partial charge is 0.457 e. The van der Waals surface area contributed by atoms with Crippen molar-refractivity contribution < 1.29 is 19.1 Å². The highest BCUT2D eigenvalue weighted by atomic mass is 16.6. The van der Waals surface area contributed by atoms with Crippen molar-refractivity contribution in [3.05, 3.63) is 113 Å². The Morgan fingerprint density at radius 1 is 0.951 bits per heavy atom. The minimum atomic E-state index is -0.589. The van der Waals surface area contributed by atoms with Gasteiger partial charge in [0.1, 0.15) is 18.0 Å². The molecular formula is C34H39N3O4. The SMILES string of the molecule is CCCCc1ncc(CNc2ccccc2C(=O)OC(C)(C)C)n1-c1ccc(C(=O)OCc2ccccc2)cc1C. The number of anilines is 1. The predicted octanol–water partition coefficient (Wildman–Crippen LogP) is 7.45. The zero-order valence-corrected chi connectivity index (χ0v) is 24.6. The van der Waals surface area contributed by atoms with E-state index in [1.54, 1.807) is 12.1 Å². The molecule has 0 amide bonds. The summed E-state index contributed by atoms with van der Waals surface area (Å²) in [6.45, 7) is 10.4. The molecule has 0 aliphatic rings. The number of benzene rings is 3. The summed E-state index contributed by atoms with van der Waals surface area (Å²) in [6.07, 6.45) is 4.75. The molecule has 0 radical (unpaired) electrons.